The van der Waals surface area contributed by atoms with E-state index < -0.39 is 0 Å². The summed E-state index contributed by atoms with van der Waals surface area (Å²) in [6.45, 7) is 4.27. The molecule has 4 nitrogen and oxygen atoms in total. The Bertz CT molecular complexity index is 592. The van der Waals surface area contributed by atoms with Crippen molar-refractivity contribution in [1.82, 2.24) is 4.98 Å². The minimum absolute atomic E-state index is 0.178. The molecule has 0 aliphatic carbocycles. The van der Waals surface area contributed by atoms with Gasteiger partial charge in [-0.2, -0.15) is 0 Å². The molecule has 2 rings (SSSR count). The quantitative estimate of drug-likeness (QED) is 0.925. The first-order chi connectivity index (χ1) is 9.60. The molecule has 2 aromatic rings. The van der Waals surface area contributed by atoms with E-state index in [4.69, 9.17) is 4.74 Å². The number of nitrogens with one attached hydrogen (secondary N) is 1. The second-order valence-electron chi connectivity index (χ2n) is 4.82. The van der Waals surface area contributed by atoms with Crippen LogP contribution in [0.5, 0.6) is 5.88 Å². The van der Waals surface area contributed by atoms with Crippen LogP contribution in [0.4, 0.5) is 5.69 Å². The molecular weight excluding hydrogens is 252 g/mol. The lowest BCUT2D eigenvalue weighted by molar-refractivity contribution is 0.102. The van der Waals surface area contributed by atoms with E-state index in [-0.39, 0.29) is 5.91 Å². The lowest BCUT2D eigenvalue weighted by Crippen LogP contribution is -2.12. The first-order valence-corrected chi connectivity index (χ1v) is 6.51. The molecule has 0 atom stereocenters. The number of nitrogens with zero attached hydrogens (tertiary/aromatic N) is 1. The number of carbonyl (C=O) groups is 1. The summed E-state index contributed by atoms with van der Waals surface area (Å²) in [5.74, 6) is 0.722. The molecule has 1 aromatic heterocycles. The summed E-state index contributed by atoms with van der Waals surface area (Å²) >= 11 is 0. The highest BCUT2D eigenvalue weighted by Gasteiger charge is 2.08. The molecule has 0 spiro atoms. The van der Waals surface area contributed by atoms with Gasteiger partial charge in [-0.25, -0.2) is 4.98 Å². The van der Waals surface area contributed by atoms with E-state index in [0.29, 0.717) is 17.4 Å². The lowest BCUT2D eigenvalue weighted by Gasteiger charge is -2.09. The smallest absolute Gasteiger partial charge is 0.255 e. The number of rotatable bonds is 4. The van der Waals surface area contributed by atoms with Gasteiger partial charge < -0.3 is 10.1 Å². The zero-order chi connectivity index (χ0) is 14.5. The maximum atomic E-state index is 12.1. The molecule has 4 heteroatoms. The van der Waals surface area contributed by atoms with Crippen molar-refractivity contribution < 1.29 is 9.53 Å². The van der Waals surface area contributed by atoms with Gasteiger partial charge in [-0.15, -0.1) is 0 Å². The van der Waals surface area contributed by atoms with Crippen molar-refractivity contribution in [2.45, 2.75) is 19.8 Å². The summed E-state index contributed by atoms with van der Waals surface area (Å²) < 4.78 is 5.01. The number of carbonyl (C=O) groups excluding carboxylic acids is 1. The van der Waals surface area contributed by atoms with E-state index in [1.165, 1.54) is 12.7 Å². The zero-order valence-corrected chi connectivity index (χ0v) is 11.9. The SMILES string of the molecule is COc1cc(C(=O)Nc2ccc(C(C)C)cc2)ccn1. The topological polar surface area (TPSA) is 51.2 Å². The Morgan fingerprint density at radius 2 is 1.90 bits per heavy atom. The lowest BCUT2D eigenvalue weighted by atomic mass is 10.0. The Balaban J connectivity index is 2.10. The number of hydrogen-bond donors (Lipinski definition) is 1. The van der Waals surface area contributed by atoms with Crippen molar-refractivity contribution in [3.8, 4) is 5.88 Å². The van der Waals surface area contributed by atoms with Crippen molar-refractivity contribution in [2.24, 2.45) is 0 Å². The van der Waals surface area contributed by atoms with Gasteiger partial charge >= 0.3 is 0 Å². The molecule has 0 bridgehead atoms. The van der Waals surface area contributed by atoms with Gasteiger partial charge in [-0.3, -0.25) is 4.79 Å². The molecule has 0 saturated carbocycles. The highest BCUT2D eigenvalue weighted by Crippen LogP contribution is 2.18. The van der Waals surface area contributed by atoms with Crippen LogP contribution in [-0.4, -0.2) is 18.0 Å². The van der Waals surface area contributed by atoms with Gasteiger partial charge in [0.25, 0.3) is 5.91 Å². The number of anilines is 1. The van der Waals surface area contributed by atoms with Crippen LogP contribution in [0.1, 0.15) is 35.7 Å². The predicted octanol–water partition coefficient (Wildman–Crippen LogP) is 3.47. The molecular formula is C16H18N2O2. The summed E-state index contributed by atoms with van der Waals surface area (Å²) in [6, 6.07) is 11.1. The molecule has 1 heterocycles. The third-order valence-corrected chi connectivity index (χ3v) is 3.04. The van der Waals surface area contributed by atoms with E-state index in [0.717, 1.165) is 5.69 Å². The van der Waals surface area contributed by atoms with Crippen molar-refractivity contribution in [1.29, 1.82) is 0 Å². The minimum atomic E-state index is -0.178. The third-order valence-electron chi connectivity index (χ3n) is 3.04. The van der Waals surface area contributed by atoms with Crippen molar-refractivity contribution >= 4 is 11.6 Å². The van der Waals surface area contributed by atoms with Crippen LogP contribution in [0.2, 0.25) is 0 Å². The average molecular weight is 270 g/mol. The van der Waals surface area contributed by atoms with Crippen LogP contribution in [0, 0.1) is 0 Å². The average Bonchev–Trinajstić information content (AvgIpc) is 2.47. The number of methoxy groups -OCH3 is 1. The van der Waals surface area contributed by atoms with Crippen LogP contribution in [0.3, 0.4) is 0 Å². The molecule has 1 aromatic carbocycles. The molecule has 20 heavy (non-hydrogen) atoms. The molecule has 0 aliphatic rings. The second kappa shape index (κ2) is 6.19. The molecule has 0 radical (unpaired) electrons. The fourth-order valence-electron chi connectivity index (χ4n) is 1.82. The molecule has 1 amide bonds. The zero-order valence-electron chi connectivity index (χ0n) is 11.9. The highest BCUT2D eigenvalue weighted by atomic mass is 16.5. The van der Waals surface area contributed by atoms with Crippen LogP contribution in [0.25, 0.3) is 0 Å². The van der Waals surface area contributed by atoms with Crippen molar-refractivity contribution in [2.75, 3.05) is 12.4 Å². The summed E-state index contributed by atoms with van der Waals surface area (Å²) in [6.07, 6.45) is 1.55. The number of amides is 1. The molecule has 1 N–H and O–H groups in total. The number of benzene rings is 1. The van der Waals surface area contributed by atoms with E-state index in [9.17, 15) is 4.79 Å². The highest BCUT2D eigenvalue weighted by molar-refractivity contribution is 6.04. The van der Waals surface area contributed by atoms with Gasteiger partial charge in [0.1, 0.15) is 0 Å². The number of aromatic nitrogens is 1. The Morgan fingerprint density at radius 3 is 2.50 bits per heavy atom. The monoisotopic (exact) mass is 270 g/mol. The summed E-state index contributed by atoms with van der Waals surface area (Å²) in [5.41, 5.74) is 2.54. The minimum Gasteiger partial charge on any atom is -0.481 e. The Labute approximate surface area is 118 Å². The maximum Gasteiger partial charge on any atom is 0.255 e. The second-order valence-corrected chi connectivity index (χ2v) is 4.82. The maximum absolute atomic E-state index is 12.1. The Kier molecular flexibility index (Phi) is 4.35. The first-order valence-electron chi connectivity index (χ1n) is 6.51. The predicted molar refractivity (Wildman–Crippen MR) is 79.3 cm³/mol. The third kappa shape index (κ3) is 3.35. The van der Waals surface area contributed by atoms with Crippen LogP contribution in [0.15, 0.2) is 42.6 Å². The summed E-state index contributed by atoms with van der Waals surface area (Å²) in [4.78, 5) is 16.1. The largest absolute Gasteiger partial charge is 0.481 e. The molecule has 0 fully saturated rings. The van der Waals surface area contributed by atoms with Gasteiger partial charge in [0.2, 0.25) is 5.88 Å². The van der Waals surface area contributed by atoms with E-state index >= 15 is 0 Å². The first kappa shape index (κ1) is 14.1. The summed E-state index contributed by atoms with van der Waals surface area (Å²) in [5, 5.41) is 2.85. The fourth-order valence-corrected chi connectivity index (χ4v) is 1.82. The van der Waals surface area contributed by atoms with E-state index in [2.05, 4.69) is 24.1 Å². The van der Waals surface area contributed by atoms with Gasteiger partial charge in [-0.1, -0.05) is 26.0 Å². The van der Waals surface area contributed by atoms with Gasteiger partial charge in [-0.05, 0) is 29.7 Å². The van der Waals surface area contributed by atoms with Crippen molar-refractivity contribution in [3.63, 3.8) is 0 Å². The Hall–Kier alpha value is -2.36. The number of ether oxygens (including phenoxy) is 1. The van der Waals surface area contributed by atoms with Gasteiger partial charge in [0.05, 0.1) is 7.11 Å². The van der Waals surface area contributed by atoms with E-state index in [1.54, 1.807) is 18.3 Å². The standard InChI is InChI=1S/C16H18N2O2/c1-11(2)12-4-6-14(7-5-12)18-16(19)13-8-9-17-15(10-13)20-3/h4-11H,1-3H3,(H,18,19). The Morgan fingerprint density at radius 1 is 1.20 bits per heavy atom. The van der Waals surface area contributed by atoms with Gasteiger partial charge in [0.15, 0.2) is 0 Å². The van der Waals surface area contributed by atoms with E-state index in [1.807, 2.05) is 24.3 Å². The molecule has 0 unspecified atom stereocenters. The number of hydrogen-bond acceptors (Lipinski definition) is 3. The van der Waals surface area contributed by atoms with Gasteiger partial charge in [0, 0.05) is 23.5 Å². The number of pyridine rings is 1. The summed E-state index contributed by atoms with van der Waals surface area (Å²) in [7, 11) is 1.52. The fraction of sp³-hybridized carbons (Fsp3) is 0.250. The molecule has 0 saturated heterocycles. The molecule has 104 valence electrons. The normalized spacial score (nSPS) is 10.4. The van der Waals surface area contributed by atoms with Crippen LogP contribution < -0.4 is 10.1 Å². The molecule has 0 aliphatic heterocycles. The van der Waals surface area contributed by atoms with Crippen LogP contribution >= 0.6 is 0 Å². The van der Waals surface area contributed by atoms with Crippen LogP contribution in [-0.2, 0) is 0 Å². The van der Waals surface area contributed by atoms with Crippen molar-refractivity contribution in [3.05, 3.63) is 53.7 Å².